The number of rotatable bonds is 16. The van der Waals surface area contributed by atoms with E-state index in [4.69, 9.17) is 28.4 Å². The second-order valence-electron chi connectivity index (χ2n) is 13.2. The summed E-state index contributed by atoms with van der Waals surface area (Å²) in [6.07, 6.45) is -4.05. The molecule has 4 rings (SSSR count). The highest BCUT2D eigenvalue weighted by Gasteiger charge is 2.65. The number of nitrogens with one attached hydrogen (secondary N) is 2. The molecular weight excluding hydrogens is 761 g/mol. The molecule has 1 heterocycles. The molecule has 0 aromatic heterocycles. The van der Waals surface area contributed by atoms with Gasteiger partial charge in [-0.2, -0.15) is 0 Å². The lowest BCUT2D eigenvalue weighted by molar-refractivity contribution is -0.331. The van der Waals surface area contributed by atoms with Crippen LogP contribution >= 0.6 is 11.8 Å². The smallest absolute Gasteiger partial charge is 0.349 e. The maximum Gasteiger partial charge on any atom is 0.349 e. The van der Waals surface area contributed by atoms with Gasteiger partial charge in [0.05, 0.1) is 26.1 Å². The third-order valence-corrected chi connectivity index (χ3v) is 9.98. The van der Waals surface area contributed by atoms with Crippen molar-refractivity contribution in [2.75, 3.05) is 20.3 Å². The minimum Gasteiger partial charge on any atom is -0.466 e. The lowest BCUT2D eigenvalue weighted by atomic mass is 9.87. The molecule has 304 valence electrons. The van der Waals surface area contributed by atoms with Crippen molar-refractivity contribution in [1.29, 1.82) is 0 Å². The lowest BCUT2D eigenvalue weighted by Crippen LogP contribution is -2.73. The van der Waals surface area contributed by atoms with Crippen LogP contribution in [-0.2, 0) is 68.4 Å². The molecule has 5 atom stereocenters. The summed E-state index contributed by atoms with van der Waals surface area (Å²) in [5.74, 6) is -8.59. The Morgan fingerprint density at radius 3 is 2.00 bits per heavy atom. The van der Waals surface area contributed by atoms with Crippen molar-refractivity contribution in [3.05, 3.63) is 90.0 Å². The average molecular weight is 807 g/mol. The quantitative estimate of drug-likeness (QED) is 0.156. The minimum absolute atomic E-state index is 0.0981. The number of aryl methyl sites for hydroxylation is 1. The fourth-order valence-corrected chi connectivity index (χ4v) is 7.47. The first kappa shape index (κ1) is 44.0. The molecule has 0 radical (unpaired) electrons. The summed E-state index contributed by atoms with van der Waals surface area (Å²) in [4.78, 5) is 89.2. The SMILES string of the molecule is COC(=O)[C@]1(Sc2ccc(C)cc2)CC[C@@H](NC(=O)COC(C)=O)[C@](OC(C)=O)([C@H](OC(C)=O)[C@@H](CNC(=O)Cc2ccc(-c3ccccc3)cc2)OC(C)=O)O1. The van der Waals surface area contributed by atoms with E-state index in [1.54, 1.807) is 36.4 Å². The first-order valence-electron chi connectivity index (χ1n) is 18.0. The lowest BCUT2D eigenvalue weighted by Gasteiger charge is -2.52. The molecule has 3 aromatic carbocycles. The van der Waals surface area contributed by atoms with Crippen LogP contribution < -0.4 is 10.6 Å². The van der Waals surface area contributed by atoms with E-state index < -0.39 is 83.8 Å². The van der Waals surface area contributed by atoms with E-state index in [1.165, 1.54) is 0 Å². The Morgan fingerprint density at radius 1 is 0.789 bits per heavy atom. The maximum absolute atomic E-state index is 13.8. The number of benzene rings is 3. The summed E-state index contributed by atoms with van der Waals surface area (Å²) in [7, 11) is 1.12. The molecular formula is C41H46N2O13S. The van der Waals surface area contributed by atoms with Gasteiger partial charge in [0.15, 0.2) is 12.7 Å². The van der Waals surface area contributed by atoms with Gasteiger partial charge in [-0.05, 0) is 48.6 Å². The number of methoxy groups -OCH3 is 1. The van der Waals surface area contributed by atoms with Crippen LogP contribution in [0.4, 0.5) is 0 Å². The average Bonchev–Trinajstić information content (AvgIpc) is 3.16. The van der Waals surface area contributed by atoms with Crippen LogP contribution in [0.15, 0.2) is 83.8 Å². The molecule has 0 unspecified atom stereocenters. The molecule has 0 aliphatic carbocycles. The van der Waals surface area contributed by atoms with Gasteiger partial charge in [-0.15, -0.1) is 0 Å². The minimum atomic E-state index is -2.65. The summed E-state index contributed by atoms with van der Waals surface area (Å²) < 4.78 is 34.0. The molecule has 1 aliphatic rings. The number of esters is 5. The van der Waals surface area contributed by atoms with Crippen molar-refractivity contribution in [1.82, 2.24) is 10.6 Å². The molecule has 0 saturated carbocycles. The Balaban J connectivity index is 1.77. The van der Waals surface area contributed by atoms with Crippen molar-refractivity contribution in [3.8, 4) is 11.1 Å². The molecule has 2 amide bonds. The monoisotopic (exact) mass is 806 g/mol. The normalized spacial score (nSPS) is 19.8. The number of amides is 2. The number of ether oxygens (including phenoxy) is 6. The number of thioether (sulfide) groups is 1. The second-order valence-corrected chi connectivity index (χ2v) is 14.6. The van der Waals surface area contributed by atoms with Crippen LogP contribution in [0.5, 0.6) is 0 Å². The molecule has 1 aliphatic heterocycles. The fraction of sp³-hybridized carbons (Fsp3) is 0.390. The van der Waals surface area contributed by atoms with Crippen LogP contribution in [0.2, 0.25) is 0 Å². The Labute approximate surface area is 334 Å². The largest absolute Gasteiger partial charge is 0.466 e. The predicted octanol–water partition coefficient (Wildman–Crippen LogP) is 3.96. The fourth-order valence-electron chi connectivity index (χ4n) is 6.26. The van der Waals surface area contributed by atoms with Crippen molar-refractivity contribution < 1.29 is 62.0 Å². The summed E-state index contributed by atoms with van der Waals surface area (Å²) in [6, 6.07) is 22.6. The number of carbonyl (C=O) groups is 7. The Kier molecular flexibility index (Phi) is 15.4. The maximum atomic E-state index is 13.8. The van der Waals surface area contributed by atoms with E-state index >= 15 is 0 Å². The molecule has 3 aromatic rings. The van der Waals surface area contributed by atoms with Gasteiger partial charge in [-0.3, -0.25) is 28.8 Å². The zero-order chi connectivity index (χ0) is 41.8. The number of hydrogen-bond donors (Lipinski definition) is 2. The highest BCUT2D eigenvalue weighted by atomic mass is 32.2. The van der Waals surface area contributed by atoms with Crippen molar-refractivity contribution >= 4 is 53.4 Å². The van der Waals surface area contributed by atoms with Crippen molar-refractivity contribution in [2.24, 2.45) is 0 Å². The van der Waals surface area contributed by atoms with E-state index in [2.05, 4.69) is 10.6 Å². The molecule has 0 spiro atoms. The van der Waals surface area contributed by atoms with Crippen molar-refractivity contribution in [2.45, 2.75) is 87.7 Å². The first-order chi connectivity index (χ1) is 27.1. The van der Waals surface area contributed by atoms with Gasteiger partial charge in [0, 0.05) is 32.6 Å². The number of hydrogen-bond acceptors (Lipinski definition) is 14. The van der Waals surface area contributed by atoms with Gasteiger partial charge >= 0.3 is 29.8 Å². The highest BCUT2D eigenvalue weighted by molar-refractivity contribution is 8.01. The van der Waals surface area contributed by atoms with Crippen LogP contribution in [0.25, 0.3) is 11.1 Å². The second kappa shape index (κ2) is 19.9. The van der Waals surface area contributed by atoms with E-state index in [0.717, 1.165) is 63.3 Å². The Hall–Kier alpha value is -5.74. The zero-order valence-electron chi connectivity index (χ0n) is 32.5. The van der Waals surface area contributed by atoms with Gasteiger partial charge in [-0.25, -0.2) is 4.79 Å². The van der Waals surface area contributed by atoms with Crippen molar-refractivity contribution in [3.63, 3.8) is 0 Å². The van der Waals surface area contributed by atoms with E-state index in [-0.39, 0.29) is 19.3 Å². The summed E-state index contributed by atoms with van der Waals surface area (Å²) in [6.45, 7) is 4.81. The molecule has 0 bridgehead atoms. The Morgan fingerprint density at radius 2 is 1.42 bits per heavy atom. The standard InChI is InChI=1S/C41H46N2O13S/c1-25-12-18-33(19-13-25)57-40(39(50)51-6)21-20-35(43-37(49)24-52-26(2)44)41(56-40,55-29(5)47)38(54-28(4)46)34(53-27(3)45)23-42-36(48)22-30-14-16-32(17-15-30)31-10-8-7-9-11-31/h7-19,34-35,38H,20-24H2,1-6H3,(H,42,48)(H,43,49)/t34-,35-,38-,40-,41-/m1/s1. The first-order valence-corrected chi connectivity index (χ1v) is 18.8. The van der Waals surface area contributed by atoms with Crippen LogP contribution in [0.3, 0.4) is 0 Å². The van der Waals surface area contributed by atoms with Gasteiger partial charge in [-0.1, -0.05) is 84.1 Å². The van der Waals surface area contributed by atoms with Crippen LogP contribution in [0, 0.1) is 6.92 Å². The number of carbonyl (C=O) groups excluding carboxylic acids is 7. The molecule has 1 saturated heterocycles. The molecule has 1 fully saturated rings. The van der Waals surface area contributed by atoms with Crippen LogP contribution in [-0.4, -0.2) is 90.9 Å². The molecule has 15 nitrogen and oxygen atoms in total. The topological polar surface area (TPSA) is 199 Å². The zero-order valence-corrected chi connectivity index (χ0v) is 33.3. The van der Waals surface area contributed by atoms with Gasteiger partial charge in [0.2, 0.25) is 16.9 Å². The van der Waals surface area contributed by atoms with E-state index in [0.29, 0.717) is 10.5 Å². The third kappa shape index (κ3) is 12.1. The third-order valence-electron chi connectivity index (χ3n) is 8.69. The summed E-state index contributed by atoms with van der Waals surface area (Å²) >= 11 is 0.911. The highest BCUT2D eigenvalue weighted by Crippen LogP contribution is 2.49. The molecule has 16 heteroatoms. The molecule has 2 N–H and O–H groups in total. The van der Waals surface area contributed by atoms with E-state index in [9.17, 15) is 33.6 Å². The predicted molar refractivity (Wildman–Crippen MR) is 205 cm³/mol. The van der Waals surface area contributed by atoms with Gasteiger partial charge in [0.1, 0.15) is 0 Å². The summed E-state index contributed by atoms with van der Waals surface area (Å²) in [5.41, 5.74) is 3.52. The summed E-state index contributed by atoms with van der Waals surface area (Å²) in [5, 5.41) is 5.30. The van der Waals surface area contributed by atoms with Crippen LogP contribution in [0.1, 0.15) is 51.7 Å². The van der Waals surface area contributed by atoms with Gasteiger partial charge < -0.3 is 39.1 Å². The van der Waals surface area contributed by atoms with Gasteiger partial charge in [0.25, 0.3) is 11.7 Å². The molecule has 57 heavy (non-hydrogen) atoms. The van der Waals surface area contributed by atoms with E-state index in [1.807, 2.05) is 49.4 Å². The Bertz CT molecular complexity index is 1920.